The summed E-state index contributed by atoms with van der Waals surface area (Å²) >= 11 is 0. The summed E-state index contributed by atoms with van der Waals surface area (Å²) in [5.41, 5.74) is 0.212. The molecule has 0 aliphatic heterocycles. The van der Waals surface area contributed by atoms with Crippen molar-refractivity contribution in [3.05, 3.63) is 29.7 Å². The number of hydrogen-bond donors (Lipinski definition) is 1. The minimum Gasteiger partial charge on any atom is -0.477 e. The van der Waals surface area contributed by atoms with Crippen LogP contribution in [0.25, 0.3) is 5.57 Å². The monoisotopic (exact) mass is 205 g/mol. The van der Waals surface area contributed by atoms with E-state index in [-0.39, 0.29) is 5.57 Å². The molecular formula is C11H11NO3. The van der Waals surface area contributed by atoms with Gasteiger partial charge in [-0.3, -0.25) is 0 Å². The molecule has 78 valence electrons. The van der Waals surface area contributed by atoms with Gasteiger partial charge < -0.3 is 9.52 Å². The molecule has 1 rings (SSSR count). The van der Waals surface area contributed by atoms with Gasteiger partial charge >= 0.3 is 5.97 Å². The normalized spacial score (nSPS) is 11.7. The van der Waals surface area contributed by atoms with Gasteiger partial charge in [-0.2, -0.15) is 5.26 Å². The predicted octanol–water partition coefficient (Wildman–Crippen LogP) is 2.44. The summed E-state index contributed by atoms with van der Waals surface area (Å²) in [6.07, 6.45) is 2.74. The van der Waals surface area contributed by atoms with Gasteiger partial charge in [0.25, 0.3) is 0 Å². The average molecular weight is 205 g/mol. The number of nitriles is 1. The molecule has 4 heteroatoms. The maximum absolute atomic E-state index is 10.8. The fourth-order valence-corrected chi connectivity index (χ4v) is 1.32. The summed E-state index contributed by atoms with van der Waals surface area (Å²) < 4.78 is 5.11. The molecule has 0 bridgehead atoms. The first-order chi connectivity index (χ1) is 7.20. The summed E-state index contributed by atoms with van der Waals surface area (Å²) in [6.45, 7) is 1.92. The summed E-state index contributed by atoms with van der Waals surface area (Å²) in [4.78, 5) is 10.8. The molecular weight excluding hydrogens is 194 g/mol. The molecule has 0 aliphatic rings. The van der Waals surface area contributed by atoms with Gasteiger partial charge in [-0.25, -0.2) is 4.79 Å². The highest BCUT2D eigenvalue weighted by molar-refractivity contribution is 5.99. The maximum Gasteiger partial charge on any atom is 0.346 e. The second kappa shape index (κ2) is 5.01. The van der Waals surface area contributed by atoms with Gasteiger partial charge in [0.05, 0.1) is 6.26 Å². The third-order valence-corrected chi connectivity index (χ3v) is 1.95. The molecule has 0 atom stereocenters. The quantitative estimate of drug-likeness (QED) is 0.605. The van der Waals surface area contributed by atoms with E-state index in [9.17, 15) is 4.79 Å². The number of carboxylic acid groups (broad SMARTS) is 1. The lowest BCUT2D eigenvalue weighted by molar-refractivity contribution is -0.132. The van der Waals surface area contributed by atoms with Crippen LogP contribution in [0, 0.1) is 11.3 Å². The van der Waals surface area contributed by atoms with Crippen molar-refractivity contribution in [1.29, 1.82) is 5.26 Å². The third-order valence-electron chi connectivity index (χ3n) is 1.95. The molecule has 0 aliphatic carbocycles. The lowest BCUT2D eigenvalue weighted by Crippen LogP contribution is -2.02. The second-order valence-corrected chi connectivity index (χ2v) is 3.00. The predicted molar refractivity (Wildman–Crippen MR) is 53.8 cm³/mol. The highest BCUT2D eigenvalue weighted by Crippen LogP contribution is 2.24. The Kier molecular flexibility index (Phi) is 3.69. The number of rotatable bonds is 4. The van der Waals surface area contributed by atoms with E-state index in [0.717, 1.165) is 6.42 Å². The molecule has 0 amide bonds. The van der Waals surface area contributed by atoms with Crippen LogP contribution in [0.2, 0.25) is 0 Å². The molecule has 0 spiro atoms. The Labute approximate surface area is 87.4 Å². The van der Waals surface area contributed by atoms with Crippen LogP contribution in [-0.4, -0.2) is 11.1 Å². The molecule has 0 fully saturated rings. The van der Waals surface area contributed by atoms with Crippen molar-refractivity contribution in [2.75, 3.05) is 0 Å². The van der Waals surface area contributed by atoms with Crippen molar-refractivity contribution in [3.63, 3.8) is 0 Å². The Morgan fingerprint density at radius 2 is 2.40 bits per heavy atom. The van der Waals surface area contributed by atoms with Gasteiger partial charge in [0.2, 0.25) is 0 Å². The first-order valence-corrected chi connectivity index (χ1v) is 4.61. The Balaban J connectivity index is 3.23. The highest BCUT2D eigenvalue weighted by atomic mass is 16.4. The molecule has 0 radical (unpaired) electrons. The molecule has 0 saturated heterocycles. The zero-order valence-corrected chi connectivity index (χ0v) is 8.36. The average Bonchev–Trinajstić information content (AvgIpc) is 2.69. The smallest absolute Gasteiger partial charge is 0.346 e. The van der Waals surface area contributed by atoms with Gasteiger partial charge in [-0.1, -0.05) is 13.3 Å². The lowest BCUT2D eigenvalue weighted by atomic mass is 10.0. The largest absolute Gasteiger partial charge is 0.477 e. The van der Waals surface area contributed by atoms with E-state index in [1.807, 2.05) is 6.92 Å². The van der Waals surface area contributed by atoms with Gasteiger partial charge in [-0.05, 0) is 18.6 Å². The Morgan fingerprint density at radius 1 is 1.67 bits per heavy atom. The van der Waals surface area contributed by atoms with Gasteiger partial charge in [-0.15, -0.1) is 0 Å². The summed E-state index contributed by atoms with van der Waals surface area (Å²) in [5.74, 6) is -0.756. The molecule has 4 nitrogen and oxygen atoms in total. The van der Waals surface area contributed by atoms with Crippen molar-refractivity contribution in [2.45, 2.75) is 19.8 Å². The van der Waals surface area contributed by atoms with E-state index >= 15 is 0 Å². The van der Waals surface area contributed by atoms with Crippen molar-refractivity contribution in [1.82, 2.24) is 0 Å². The zero-order chi connectivity index (χ0) is 11.3. The van der Waals surface area contributed by atoms with E-state index in [1.165, 1.54) is 6.26 Å². The van der Waals surface area contributed by atoms with Crippen LogP contribution < -0.4 is 0 Å². The maximum atomic E-state index is 10.8. The van der Waals surface area contributed by atoms with Crippen LogP contribution in [0.15, 0.2) is 28.4 Å². The molecule has 0 aromatic carbocycles. The molecule has 0 saturated carbocycles. The van der Waals surface area contributed by atoms with E-state index in [4.69, 9.17) is 14.8 Å². The van der Waals surface area contributed by atoms with E-state index in [2.05, 4.69) is 0 Å². The van der Waals surface area contributed by atoms with Gasteiger partial charge in [0.1, 0.15) is 17.4 Å². The fourth-order valence-electron chi connectivity index (χ4n) is 1.32. The molecule has 15 heavy (non-hydrogen) atoms. The van der Waals surface area contributed by atoms with Gasteiger partial charge in [0, 0.05) is 5.57 Å². The Hall–Kier alpha value is -2.02. The SMILES string of the molecule is CCC/C(=C(/C#N)C(=O)O)c1ccco1. The number of nitrogens with zero attached hydrogens (tertiary/aromatic N) is 1. The number of carboxylic acids is 1. The Morgan fingerprint density at radius 3 is 2.80 bits per heavy atom. The molecule has 1 N–H and O–H groups in total. The molecule has 0 unspecified atom stereocenters. The summed E-state index contributed by atoms with van der Waals surface area (Å²) in [5, 5.41) is 17.6. The highest BCUT2D eigenvalue weighted by Gasteiger charge is 2.16. The Bertz CT molecular complexity index is 410. The number of furan rings is 1. The van der Waals surface area contributed by atoms with Crippen molar-refractivity contribution < 1.29 is 14.3 Å². The van der Waals surface area contributed by atoms with Crippen molar-refractivity contribution in [3.8, 4) is 6.07 Å². The van der Waals surface area contributed by atoms with Gasteiger partial charge in [0.15, 0.2) is 0 Å². The minimum atomic E-state index is -1.21. The number of allylic oxidation sites excluding steroid dienone is 1. The van der Waals surface area contributed by atoms with Crippen LogP contribution in [0.4, 0.5) is 0 Å². The topological polar surface area (TPSA) is 74.2 Å². The number of carbonyl (C=O) groups is 1. The van der Waals surface area contributed by atoms with Crippen LogP contribution in [-0.2, 0) is 4.79 Å². The first-order valence-electron chi connectivity index (χ1n) is 4.61. The molecule has 1 aromatic rings. The molecule has 1 aromatic heterocycles. The fraction of sp³-hybridized carbons (Fsp3) is 0.273. The zero-order valence-electron chi connectivity index (χ0n) is 8.36. The van der Waals surface area contributed by atoms with E-state index in [1.54, 1.807) is 18.2 Å². The second-order valence-electron chi connectivity index (χ2n) is 3.00. The van der Waals surface area contributed by atoms with Crippen molar-refractivity contribution >= 4 is 11.5 Å². The summed E-state index contributed by atoms with van der Waals surface area (Å²) in [6, 6.07) is 5.02. The number of hydrogen-bond acceptors (Lipinski definition) is 3. The summed E-state index contributed by atoms with van der Waals surface area (Å²) in [7, 11) is 0. The number of aliphatic carboxylic acids is 1. The first kappa shape index (κ1) is 11.1. The third kappa shape index (κ3) is 2.47. The van der Waals surface area contributed by atoms with Crippen LogP contribution in [0.3, 0.4) is 0 Å². The van der Waals surface area contributed by atoms with E-state index < -0.39 is 5.97 Å². The van der Waals surface area contributed by atoms with Crippen LogP contribution >= 0.6 is 0 Å². The lowest BCUT2D eigenvalue weighted by Gasteiger charge is -2.03. The van der Waals surface area contributed by atoms with Crippen LogP contribution in [0.1, 0.15) is 25.5 Å². The van der Waals surface area contributed by atoms with E-state index in [0.29, 0.717) is 17.8 Å². The minimum absolute atomic E-state index is 0.244. The molecule has 1 heterocycles. The van der Waals surface area contributed by atoms with Crippen LogP contribution in [0.5, 0.6) is 0 Å². The standard InChI is InChI=1S/C11H11NO3/c1-2-4-8(9(7-12)11(13)14)10-5-3-6-15-10/h3,5-6H,2,4H2,1H3,(H,13,14)/b9-8+. The van der Waals surface area contributed by atoms with Crippen molar-refractivity contribution in [2.24, 2.45) is 0 Å².